The van der Waals surface area contributed by atoms with E-state index in [4.69, 9.17) is 10.2 Å². The molecule has 3 aromatic rings. The van der Waals surface area contributed by atoms with E-state index >= 15 is 0 Å². The van der Waals surface area contributed by atoms with Crippen LogP contribution < -0.4 is 5.73 Å². The summed E-state index contributed by atoms with van der Waals surface area (Å²) in [6.07, 6.45) is 4.97. The molecule has 5 nitrogen and oxygen atoms in total. The smallest absolute Gasteiger partial charge is 0.105 e. The fraction of sp³-hybridized carbons (Fsp3) is 0.143. The normalized spacial score (nSPS) is 12.8. The van der Waals surface area contributed by atoms with E-state index < -0.39 is 0 Å². The van der Waals surface area contributed by atoms with Crippen LogP contribution in [-0.2, 0) is 12.8 Å². The number of aromatic nitrogens is 2. The molecule has 0 unspecified atom stereocenters. The molecule has 0 fully saturated rings. The number of nitrogens with two attached hydrogens (primary N) is 1. The SMILES string of the molecule is N#Cc1c(N)sc2c1CCc1[nH]nc(-c3ccoc3)c1-2. The van der Waals surface area contributed by atoms with Crippen molar-refractivity contribution in [3.63, 3.8) is 0 Å². The van der Waals surface area contributed by atoms with Crippen molar-refractivity contribution in [3.8, 4) is 27.8 Å². The fourth-order valence-electron chi connectivity index (χ4n) is 2.71. The van der Waals surface area contributed by atoms with Crippen molar-refractivity contribution in [3.05, 3.63) is 35.4 Å². The molecule has 0 saturated heterocycles. The molecule has 1 aliphatic carbocycles. The predicted molar refractivity (Wildman–Crippen MR) is 76.1 cm³/mol. The molecule has 3 aromatic heterocycles. The van der Waals surface area contributed by atoms with Gasteiger partial charge in [0.25, 0.3) is 0 Å². The Balaban J connectivity index is 2.00. The minimum Gasteiger partial charge on any atom is -0.472 e. The molecule has 0 spiro atoms. The number of H-pyrrole nitrogens is 1. The number of anilines is 1. The molecule has 0 bridgehead atoms. The van der Waals surface area contributed by atoms with E-state index in [2.05, 4.69) is 16.3 Å². The zero-order valence-corrected chi connectivity index (χ0v) is 11.3. The van der Waals surface area contributed by atoms with Crippen LogP contribution in [0.3, 0.4) is 0 Å². The number of hydrogen-bond donors (Lipinski definition) is 2. The lowest BCUT2D eigenvalue weighted by Gasteiger charge is -2.12. The maximum atomic E-state index is 9.25. The van der Waals surface area contributed by atoms with Gasteiger partial charge in [-0.2, -0.15) is 10.4 Å². The van der Waals surface area contributed by atoms with Gasteiger partial charge in [0.2, 0.25) is 0 Å². The third kappa shape index (κ3) is 1.38. The van der Waals surface area contributed by atoms with Crippen LogP contribution in [0.5, 0.6) is 0 Å². The van der Waals surface area contributed by atoms with Crippen molar-refractivity contribution in [2.24, 2.45) is 0 Å². The third-order valence-corrected chi connectivity index (χ3v) is 4.71. The number of hydrogen-bond acceptors (Lipinski definition) is 5. The first-order chi connectivity index (χ1) is 9.79. The molecule has 98 valence electrons. The molecule has 0 amide bonds. The van der Waals surface area contributed by atoms with Gasteiger partial charge in [0, 0.05) is 21.7 Å². The van der Waals surface area contributed by atoms with Gasteiger partial charge in [-0.05, 0) is 24.5 Å². The van der Waals surface area contributed by atoms with Crippen molar-refractivity contribution < 1.29 is 4.42 Å². The summed E-state index contributed by atoms with van der Waals surface area (Å²) in [5.41, 5.74) is 11.6. The van der Waals surface area contributed by atoms with Gasteiger partial charge >= 0.3 is 0 Å². The Labute approximate surface area is 118 Å². The van der Waals surface area contributed by atoms with Gasteiger partial charge in [0.15, 0.2) is 0 Å². The Morgan fingerprint density at radius 3 is 3.10 bits per heavy atom. The number of rotatable bonds is 1. The Hall–Kier alpha value is -2.52. The molecule has 6 heteroatoms. The largest absolute Gasteiger partial charge is 0.472 e. The number of aryl methyl sites for hydroxylation is 1. The van der Waals surface area contributed by atoms with Crippen LogP contribution in [0.1, 0.15) is 16.8 Å². The van der Waals surface area contributed by atoms with E-state index in [1.807, 2.05) is 6.07 Å². The maximum Gasteiger partial charge on any atom is 0.105 e. The molecule has 20 heavy (non-hydrogen) atoms. The van der Waals surface area contributed by atoms with Crippen LogP contribution in [0.4, 0.5) is 5.00 Å². The lowest BCUT2D eigenvalue weighted by atomic mass is 9.92. The van der Waals surface area contributed by atoms with E-state index in [-0.39, 0.29) is 0 Å². The van der Waals surface area contributed by atoms with Crippen LogP contribution in [-0.4, -0.2) is 10.2 Å². The lowest BCUT2D eigenvalue weighted by Crippen LogP contribution is -2.02. The van der Waals surface area contributed by atoms with Crippen LogP contribution >= 0.6 is 11.3 Å². The summed E-state index contributed by atoms with van der Waals surface area (Å²) in [6, 6.07) is 4.10. The molecule has 3 N–H and O–H groups in total. The van der Waals surface area contributed by atoms with Gasteiger partial charge in [0.05, 0.1) is 18.1 Å². The number of furan rings is 1. The highest BCUT2D eigenvalue weighted by Gasteiger charge is 2.28. The number of nitrogen functional groups attached to an aromatic ring is 1. The summed E-state index contributed by atoms with van der Waals surface area (Å²) in [5.74, 6) is 0. The minimum absolute atomic E-state index is 0.588. The topological polar surface area (TPSA) is 91.6 Å². The average molecular weight is 282 g/mol. The number of nitrogens with one attached hydrogen (secondary N) is 1. The van der Waals surface area contributed by atoms with Crippen molar-refractivity contribution in [2.75, 3.05) is 5.73 Å². The second kappa shape index (κ2) is 3.99. The van der Waals surface area contributed by atoms with Crippen molar-refractivity contribution in [1.82, 2.24) is 10.2 Å². The molecule has 0 saturated carbocycles. The van der Waals surface area contributed by atoms with Gasteiger partial charge in [-0.15, -0.1) is 11.3 Å². The minimum atomic E-state index is 0.588. The van der Waals surface area contributed by atoms with E-state index in [9.17, 15) is 5.26 Å². The number of nitriles is 1. The maximum absolute atomic E-state index is 9.25. The zero-order chi connectivity index (χ0) is 13.7. The summed E-state index contributed by atoms with van der Waals surface area (Å²) in [6.45, 7) is 0. The zero-order valence-electron chi connectivity index (χ0n) is 10.4. The van der Waals surface area contributed by atoms with Crippen LogP contribution in [0.15, 0.2) is 23.0 Å². The highest BCUT2D eigenvalue weighted by atomic mass is 32.1. The van der Waals surface area contributed by atoms with Crippen LogP contribution in [0, 0.1) is 11.3 Å². The fourth-order valence-corrected chi connectivity index (χ4v) is 3.85. The first-order valence-corrected chi connectivity index (χ1v) is 7.02. The molecule has 0 aromatic carbocycles. The number of nitrogens with zero attached hydrogens (tertiary/aromatic N) is 2. The summed E-state index contributed by atoms with van der Waals surface area (Å²) in [7, 11) is 0. The van der Waals surface area contributed by atoms with E-state index in [1.165, 1.54) is 11.3 Å². The second-order valence-electron chi connectivity index (χ2n) is 4.70. The molecule has 3 heterocycles. The molecular weight excluding hydrogens is 272 g/mol. The number of thiophene rings is 1. The Bertz CT molecular complexity index is 836. The van der Waals surface area contributed by atoms with Crippen molar-refractivity contribution >= 4 is 16.3 Å². The highest BCUT2D eigenvalue weighted by molar-refractivity contribution is 7.19. The Morgan fingerprint density at radius 2 is 2.35 bits per heavy atom. The first kappa shape index (κ1) is 11.3. The summed E-state index contributed by atoms with van der Waals surface area (Å²) >= 11 is 1.46. The monoisotopic (exact) mass is 282 g/mol. The molecule has 0 aliphatic heterocycles. The Kier molecular flexibility index (Phi) is 2.26. The number of aromatic amines is 1. The number of fused-ring (bicyclic) bond motifs is 3. The lowest BCUT2D eigenvalue weighted by molar-refractivity contribution is 0.568. The van der Waals surface area contributed by atoms with Crippen LogP contribution in [0.2, 0.25) is 0 Å². The van der Waals surface area contributed by atoms with Gasteiger partial charge in [-0.3, -0.25) is 5.10 Å². The summed E-state index contributed by atoms with van der Waals surface area (Å²) in [5, 5.41) is 17.3. The molecular formula is C14H10N4OS. The highest BCUT2D eigenvalue weighted by Crippen LogP contribution is 2.46. The second-order valence-corrected chi connectivity index (χ2v) is 5.75. The third-order valence-electron chi connectivity index (χ3n) is 3.63. The van der Waals surface area contributed by atoms with Crippen molar-refractivity contribution in [2.45, 2.75) is 12.8 Å². The molecule has 0 radical (unpaired) electrons. The van der Waals surface area contributed by atoms with E-state index in [0.717, 1.165) is 45.8 Å². The van der Waals surface area contributed by atoms with E-state index in [0.29, 0.717) is 10.6 Å². The quantitative estimate of drug-likeness (QED) is 0.717. The van der Waals surface area contributed by atoms with Gasteiger partial charge < -0.3 is 10.2 Å². The van der Waals surface area contributed by atoms with Gasteiger partial charge in [0.1, 0.15) is 16.8 Å². The average Bonchev–Trinajstić information content (AvgIpc) is 3.14. The van der Waals surface area contributed by atoms with Crippen LogP contribution in [0.25, 0.3) is 21.7 Å². The van der Waals surface area contributed by atoms with Gasteiger partial charge in [-0.1, -0.05) is 0 Å². The molecule has 0 atom stereocenters. The van der Waals surface area contributed by atoms with Gasteiger partial charge in [-0.25, -0.2) is 0 Å². The molecule has 4 rings (SSSR count). The van der Waals surface area contributed by atoms with E-state index in [1.54, 1.807) is 12.5 Å². The predicted octanol–water partition coefficient (Wildman–Crippen LogP) is 2.95. The standard InChI is InChI=1S/C14H10N4OS/c15-5-9-8-1-2-10-11(13(8)20-14(9)16)12(18-17-10)7-3-4-19-6-7/h3-4,6H,1-2,16H2,(H,17,18). The summed E-state index contributed by atoms with van der Waals surface area (Å²) < 4.78 is 5.14. The molecule has 1 aliphatic rings. The summed E-state index contributed by atoms with van der Waals surface area (Å²) in [4.78, 5) is 1.06. The first-order valence-electron chi connectivity index (χ1n) is 6.21. The Morgan fingerprint density at radius 1 is 1.45 bits per heavy atom. The van der Waals surface area contributed by atoms with Crippen molar-refractivity contribution in [1.29, 1.82) is 5.26 Å².